The van der Waals surface area contributed by atoms with Crippen LogP contribution in [-0.4, -0.2) is 11.5 Å². The van der Waals surface area contributed by atoms with Crippen LogP contribution in [0.1, 0.15) is 23.6 Å². The van der Waals surface area contributed by atoms with E-state index in [9.17, 15) is 0 Å². The van der Waals surface area contributed by atoms with Gasteiger partial charge in [0.25, 0.3) is 0 Å². The Morgan fingerprint density at radius 3 is 2.87 bits per heavy atom. The molecule has 0 amide bonds. The molecule has 82 valence electrons. The third-order valence-electron chi connectivity index (χ3n) is 3.14. The van der Waals surface area contributed by atoms with Crippen LogP contribution in [0.15, 0.2) is 24.3 Å². The molecule has 0 aromatic heterocycles. The molecular formula is C12H18N2S. The highest BCUT2D eigenvalue weighted by molar-refractivity contribution is 7.99. The van der Waals surface area contributed by atoms with E-state index in [0.29, 0.717) is 12.0 Å². The van der Waals surface area contributed by atoms with Crippen molar-refractivity contribution in [3.63, 3.8) is 0 Å². The van der Waals surface area contributed by atoms with Gasteiger partial charge in [-0.1, -0.05) is 24.3 Å². The van der Waals surface area contributed by atoms with Gasteiger partial charge in [0.05, 0.1) is 0 Å². The van der Waals surface area contributed by atoms with Gasteiger partial charge in [0.1, 0.15) is 0 Å². The summed E-state index contributed by atoms with van der Waals surface area (Å²) in [4.78, 5) is 0. The van der Waals surface area contributed by atoms with Crippen molar-refractivity contribution >= 4 is 11.8 Å². The van der Waals surface area contributed by atoms with Gasteiger partial charge in [-0.05, 0) is 41.9 Å². The SMILES string of the molecule is Cc1ccccc1C(NN)C1CCSC1. The smallest absolute Gasteiger partial charge is 0.0498 e. The standard InChI is InChI=1S/C12H18N2S/c1-9-4-2-3-5-11(9)12(14-13)10-6-7-15-8-10/h2-5,10,12,14H,6-8,13H2,1H3. The summed E-state index contributed by atoms with van der Waals surface area (Å²) < 4.78 is 0. The molecule has 0 radical (unpaired) electrons. The first-order chi connectivity index (χ1) is 7.33. The van der Waals surface area contributed by atoms with E-state index in [2.05, 4.69) is 36.6 Å². The van der Waals surface area contributed by atoms with Gasteiger partial charge in [0.15, 0.2) is 0 Å². The van der Waals surface area contributed by atoms with Gasteiger partial charge in [0, 0.05) is 6.04 Å². The molecule has 2 unspecified atom stereocenters. The lowest BCUT2D eigenvalue weighted by atomic mass is 9.90. The van der Waals surface area contributed by atoms with Crippen LogP contribution in [0.4, 0.5) is 0 Å². The molecule has 0 bridgehead atoms. The van der Waals surface area contributed by atoms with Crippen molar-refractivity contribution in [3.05, 3.63) is 35.4 Å². The van der Waals surface area contributed by atoms with E-state index in [4.69, 9.17) is 5.84 Å². The molecule has 1 aromatic rings. The van der Waals surface area contributed by atoms with Crippen LogP contribution in [0.2, 0.25) is 0 Å². The molecule has 1 saturated heterocycles. The molecule has 1 fully saturated rings. The Kier molecular flexibility index (Phi) is 3.67. The van der Waals surface area contributed by atoms with E-state index >= 15 is 0 Å². The first-order valence-electron chi connectivity index (χ1n) is 5.42. The Hall–Kier alpha value is -0.510. The number of hydrogen-bond acceptors (Lipinski definition) is 3. The van der Waals surface area contributed by atoms with Crippen LogP contribution >= 0.6 is 11.8 Å². The fourth-order valence-electron chi connectivity index (χ4n) is 2.23. The van der Waals surface area contributed by atoms with E-state index in [0.717, 1.165) is 0 Å². The minimum atomic E-state index is 0.321. The summed E-state index contributed by atoms with van der Waals surface area (Å²) in [7, 11) is 0. The molecule has 2 rings (SSSR count). The zero-order chi connectivity index (χ0) is 10.7. The summed E-state index contributed by atoms with van der Waals surface area (Å²) >= 11 is 2.03. The normalized spacial score (nSPS) is 22.9. The van der Waals surface area contributed by atoms with Gasteiger partial charge in [-0.15, -0.1) is 0 Å². The second kappa shape index (κ2) is 5.01. The molecule has 0 aliphatic carbocycles. The van der Waals surface area contributed by atoms with Crippen LogP contribution in [0.3, 0.4) is 0 Å². The highest BCUT2D eigenvalue weighted by Gasteiger charge is 2.26. The minimum absolute atomic E-state index is 0.321. The maximum absolute atomic E-state index is 5.69. The molecule has 0 saturated carbocycles. The predicted molar refractivity (Wildman–Crippen MR) is 66.7 cm³/mol. The van der Waals surface area contributed by atoms with Crippen molar-refractivity contribution in [2.24, 2.45) is 11.8 Å². The average molecular weight is 222 g/mol. The van der Waals surface area contributed by atoms with Crippen LogP contribution in [0, 0.1) is 12.8 Å². The summed E-state index contributed by atoms with van der Waals surface area (Å²) in [5.74, 6) is 8.87. The second-order valence-corrected chi connectivity index (χ2v) is 5.27. The van der Waals surface area contributed by atoms with Crippen molar-refractivity contribution in [1.82, 2.24) is 5.43 Å². The van der Waals surface area contributed by atoms with Gasteiger partial charge in [-0.3, -0.25) is 11.3 Å². The van der Waals surface area contributed by atoms with Crippen LogP contribution in [0.25, 0.3) is 0 Å². The van der Waals surface area contributed by atoms with E-state index < -0.39 is 0 Å². The summed E-state index contributed by atoms with van der Waals surface area (Å²) in [5.41, 5.74) is 5.67. The molecule has 1 aliphatic rings. The highest BCUT2D eigenvalue weighted by Crippen LogP contribution is 2.34. The lowest BCUT2D eigenvalue weighted by Crippen LogP contribution is -2.34. The Balaban J connectivity index is 2.22. The number of nitrogens with one attached hydrogen (secondary N) is 1. The van der Waals surface area contributed by atoms with Crippen molar-refractivity contribution in [2.75, 3.05) is 11.5 Å². The number of nitrogens with two attached hydrogens (primary N) is 1. The molecule has 2 atom stereocenters. The van der Waals surface area contributed by atoms with Crippen molar-refractivity contribution in [3.8, 4) is 0 Å². The van der Waals surface area contributed by atoms with Crippen LogP contribution in [-0.2, 0) is 0 Å². The van der Waals surface area contributed by atoms with E-state index in [1.807, 2.05) is 11.8 Å². The molecule has 1 aromatic carbocycles. The van der Waals surface area contributed by atoms with Gasteiger partial charge in [0.2, 0.25) is 0 Å². The topological polar surface area (TPSA) is 38.0 Å². The van der Waals surface area contributed by atoms with Crippen LogP contribution < -0.4 is 11.3 Å². The number of benzene rings is 1. The quantitative estimate of drug-likeness (QED) is 0.608. The van der Waals surface area contributed by atoms with Crippen molar-refractivity contribution < 1.29 is 0 Å². The molecule has 1 aliphatic heterocycles. The Labute approximate surface area is 95.6 Å². The van der Waals surface area contributed by atoms with Crippen molar-refractivity contribution in [2.45, 2.75) is 19.4 Å². The zero-order valence-electron chi connectivity index (χ0n) is 9.07. The predicted octanol–water partition coefficient (Wildman–Crippen LogP) is 2.25. The number of aryl methyl sites for hydroxylation is 1. The third kappa shape index (κ3) is 2.36. The lowest BCUT2D eigenvalue weighted by Gasteiger charge is -2.24. The first-order valence-corrected chi connectivity index (χ1v) is 6.58. The monoisotopic (exact) mass is 222 g/mol. The highest BCUT2D eigenvalue weighted by atomic mass is 32.2. The summed E-state index contributed by atoms with van der Waals surface area (Å²) in [6, 6.07) is 8.83. The number of rotatable bonds is 3. The van der Waals surface area contributed by atoms with E-state index in [-0.39, 0.29) is 0 Å². The van der Waals surface area contributed by atoms with Crippen LogP contribution in [0.5, 0.6) is 0 Å². The largest absolute Gasteiger partial charge is 0.271 e. The molecule has 2 nitrogen and oxygen atoms in total. The fraction of sp³-hybridized carbons (Fsp3) is 0.500. The molecule has 3 heteroatoms. The summed E-state index contributed by atoms with van der Waals surface area (Å²) in [6.07, 6.45) is 1.27. The molecule has 3 N–H and O–H groups in total. The maximum atomic E-state index is 5.69. The van der Waals surface area contributed by atoms with Gasteiger partial charge in [-0.25, -0.2) is 0 Å². The Morgan fingerprint density at radius 1 is 1.47 bits per heavy atom. The van der Waals surface area contributed by atoms with E-state index in [1.54, 1.807) is 0 Å². The van der Waals surface area contributed by atoms with Gasteiger partial charge < -0.3 is 0 Å². The summed E-state index contributed by atoms with van der Waals surface area (Å²) in [5, 5.41) is 0. The van der Waals surface area contributed by atoms with Crippen molar-refractivity contribution in [1.29, 1.82) is 0 Å². The minimum Gasteiger partial charge on any atom is -0.271 e. The Bertz CT molecular complexity index is 321. The number of hydrogen-bond donors (Lipinski definition) is 2. The van der Waals surface area contributed by atoms with E-state index in [1.165, 1.54) is 29.1 Å². The second-order valence-electron chi connectivity index (χ2n) is 4.12. The molecule has 15 heavy (non-hydrogen) atoms. The molecular weight excluding hydrogens is 204 g/mol. The fourth-order valence-corrected chi connectivity index (χ4v) is 3.53. The average Bonchev–Trinajstić information content (AvgIpc) is 2.75. The Morgan fingerprint density at radius 2 is 2.27 bits per heavy atom. The number of hydrazine groups is 1. The first kappa shape index (κ1) is 11.0. The third-order valence-corrected chi connectivity index (χ3v) is 4.33. The van der Waals surface area contributed by atoms with Gasteiger partial charge in [-0.2, -0.15) is 11.8 Å². The maximum Gasteiger partial charge on any atom is 0.0498 e. The molecule has 0 spiro atoms. The lowest BCUT2D eigenvalue weighted by molar-refractivity contribution is 0.399. The van der Waals surface area contributed by atoms with Gasteiger partial charge >= 0.3 is 0 Å². The zero-order valence-corrected chi connectivity index (χ0v) is 9.89. The number of thioether (sulfide) groups is 1. The molecule has 1 heterocycles. The summed E-state index contributed by atoms with van der Waals surface area (Å²) in [6.45, 7) is 2.15.